The van der Waals surface area contributed by atoms with E-state index in [1.807, 2.05) is 0 Å². The van der Waals surface area contributed by atoms with E-state index in [1.165, 1.54) is 16.8 Å². The molecule has 140 valence electrons. The second-order valence-electron chi connectivity index (χ2n) is 6.24. The molecule has 0 bridgehead atoms. The number of nitro groups is 1. The fourth-order valence-electron chi connectivity index (χ4n) is 3.39. The molecule has 1 aliphatic rings. The van der Waals surface area contributed by atoms with Gasteiger partial charge in [0.15, 0.2) is 17.3 Å². The number of anilines is 3. The summed E-state index contributed by atoms with van der Waals surface area (Å²) in [5.41, 5.74) is 3.78. The van der Waals surface area contributed by atoms with Crippen molar-refractivity contribution in [3.05, 3.63) is 63.3 Å². The van der Waals surface area contributed by atoms with Crippen LogP contribution < -0.4 is 10.4 Å². The summed E-state index contributed by atoms with van der Waals surface area (Å²) < 4.78 is 30.1. The number of hydrogen-bond donors (Lipinski definition) is 1. The molecule has 0 amide bonds. The lowest BCUT2D eigenvalue weighted by molar-refractivity contribution is -0.384. The molecule has 0 radical (unpaired) electrons. The highest BCUT2D eigenvalue weighted by Crippen LogP contribution is 2.47. The summed E-state index contributed by atoms with van der Waals surface area (Å²) in [6.45, 7) is 1.74. The SMILES string of the molecule is Cc1nn(C)c2c1-c1ccc(F)cc1NN2c1c(F)cc(C#N)cc1[N+](=O)[O-]. The first-order valence-corrected chi connectivity index (χ1v) is 8.10. The van der Waals surface area contributed by atoms with Crippen LogP contribution in [-0.2, 0) is 7.05 Å². The van der Waals surface area contributed by atoms with Gasteiger partial charge in [-0.3, -0.25) is 20.2 Å². The highest BCUT2D eigenvalue weighted by molar-refractivity contribution is 5.95. The molecule has 1 aliphatic heterocycles. The molecular weight excluding hydrogens is 370 g/mol. The van der Waals surface area contributed by atoms with Crippen molar-refractivity contribution in [2.75, 3.05) is 10.4 Å². The van der Waals surface area contributed by atoms with Crippen molar-refractivity contribution < 1.29 is 13.7 Å². The van der Waals surface area contributed by atoms with Gasteiger partial charge in [0.25, 0.3) is 5.69 Å². The fourth-order valence-corrected chi connectivity index (χ4v) is 3.39. The Morgan fingerprint density at radius 2 is 2.04 bits per heavy atom. The van der Waals surface area contributed by atoms with Crippen LogP contribution in [0.5, 0.6) is 0 Å². The summed E-state index contributed by atoms with van der Waals surface area (Å²) in [5, 5.41) is 26.1. The van der Waals surface area contributed by atoms with Gasteiger partial charge in [0, 0.05) is 18.7 Å². The maximum atomic E-state index is 14.9. The first kappa shape index (κ1) is 17.4. The molecule has 0 fully saturated rings. The predicted octanol–water partition coefficient (Wildman–Crippen LogP) is 3.93. The molecule has 2 aromatic carbocycles. The zero-order chi connectivity index (χ0) is 20.2. The van der Waals surface area contributed by atoms with Gasteiger partial charge in [-0.05, 0) is 31.2 Å². The lowest BCUT2D eigenvalue weighted by Crippen LogP contribution is -2.31. The Morgan fingerprint density at radius 3 is 2.71 bits per heavy atom. The second kappa shape index (κ2) is 6.02. The Morgan fingerprint density at radius 1 is 1.29 bits per heavy atom. The molecule has 3 aromatic rings. The van der Waals surface area contributed by atoms with Crippen molar-refractivity contribution >= 4 is 22.9 Å². The first-order valence-electron chi connectivity index (χ1n) is 8.10. The number of nitriles is 1. The Labute approximate surface area is 157 Å². The lowest BCUT2D eigenvalue weighted by atomic mass is 10.0. The number of nitrogens with one attached hydrogen (secondary N) is 1. The number of rotatable bonds is 2. The van der Waals surface area contributed by atoms with Crippen LogP contribution >= 0.6 is 0 Å². The van der Waals surface area contributed by atoms with E-state index in [-0.39, 0.29) is 5.56 Å². The lowest BCUT2D eigenvalue weighted by Gasteiger charge is -2.32. The van der Waals surface area contributed by atoms with E-state index in [1.54, 1.807) is 26.1 Å². The Bertz CT molecular complexity index is 1200. The number of aryl methyl sites for hydroxylation is 2. The van der Waals surface area contributed by atoms with Crippen molar-refractivity contribution in [1.29, 1.82) is 5.26 Å². The van der Waals surface area contributed by atoms with Gasteiger partial charge in [0.1, 0.15) is 5.82 Å². The summed E-state index contributed by atoms with van der Waals surface area (Å²) >= 11 is 0. The van der Waals surface area contributed by atoms with E-state index in [9.17, 15) is 18.9 Å². The van der Waals surface area contributed by atoms with Crippen molar-refractivity contribution in [2.24, 2.45) is 7.05 Å². The van der Waals surface area contributed by atoms with Gasteiger partial charge >= 0.3 is 0 Å². The van der Waals surface area contributed by atoms with Crippen LogP contribution in [-0.4, -0.2) is 14.7 Å². The van der Waals surface area contributed by atoms with E-state index in [4.69, 9.17) is 5.26 Å². The Kier molecular flexibility index (Phi) is 3.74. The molecular formula is C18H12F2N6O2. The molecule has 0 saturated carbocycles. The molecule has 0 atom stereocenters. The number of halogens is 2. The molecule has 1 N–H and O–H groups in total. The van der Waals surface area contributed by atoms with Crippen molar-refractivity contribution in [3.8, 4) is 17.2 Å². The van der Waals surface area contributed by atoms with Crippen LogP contribution in [0.2, 0.25) is 0 Å². The molecule has 0 spiro atoms. The average Bonchev–Trinajstić information content (AvgIpc) is 2.94. The molecule has 2 heterocycles. The van der Waals surface area contributed by atoms with Crippen LogP contribution in [0.4, 0.5) is 31.7 Å². The van der Waals surface area contributed by atoms with E-state index in [0.29, 0.717) is 28.3 Å². The van der Waals surface area contributed by atoms with E-state index in [0.717, 1.165) is 17.1 Å². The average molecular weight is 382 g/mol. The van der Waals surface area contributed by atoms with Gasteiger partial charge in [0.05, 0.1) is 33.5 Å². The Balaban J connectivity index is 2.04. The monoisotopic (exact) mass is 382 g/mol. The van der Waals surface area contributed by atoms with Gasteiger partial charge in [0.2, 0.25) is 0 Å². The number of benzene rings is 2. The van der Waals surface area contributed by atoms with Gasteiger partial charge in [-0.15, -0.1) is 0 Å². The molecule has 0 saturated heterocycles. The molecule has 10 heteroatoms. The summed E-state index contributed by atoms with van der Waals surface area (Å²) in [7, 11) is 1.61. The largest absolute Gasteiger partial charge is 0.299 e. The topological polar surface area (TPSA) is 100 Å². The summed E-state index contributed by atoms with van der Waals surface area (Å²) in [6.07, 6.45) is 0. The minimum absolute atomic E-state index is 0.183. The maximum absolute atomic E-state index is 14.9. The maximum Gasteiger partial charge on any atom is 0.299 e. The normalized spacial score (nSPS) is 12.0. The van der Waals surface area contributed by atoms with Gasteiger partial charge < -0.3 is 0 Å². The van der Waals surface area contributed by atoms with Gasteiger partial charge in [-0.25, -0.2) is 13.8 Å². The highest BCUT2D eigenvalue weighted by atomic mass is 19.1. The minimum Gasteiger partial charge on any atom is -0.291 e. The summed E-state index contributed by atoms with van der Waals surface area (Å²) in [5.74, 6) is -1.14. The number of fused-ring (bicyclic) bond motifs is 3. The third kappa shape index (κ3) is 2.44. The first-order chi connectivity index (χ1) is 13.3. The smallest absolute Gasteiger partial charge is 0.291 e. The molecule has 0 aliphatic carbocycles. The van der Waals surface area contributed by atoms with Crippen LogP contribution in [0.15, 0.2) is 30.3 Å². The number of hydrogen-bond acceptors (Lipinski definition) is 6. The Hall–Kier alpha value is -4.00. The molecule has 0 unspecified atom stereocenters. The van der Waals surface area contributed by atoms with E-state index < -0.39 is 27.9 Å². The number of nitrogens with zero attached hydrogens (tertiary/aromatic N) is 5. The third-order valence-corrected chi connectivity index (χ3v) is 4.48. The van der Waals surface area contributed by atoms with Crippen LogP contribution in [0.1, 0.15) is 11.3 Å². The number of nitro benzene ring substituents is 1. The third-order valence-electron chi connectivity index (χ3n) is 4.48. The van der Waals surface area contributed by atoms with Crippen LogP contribution in [0.25, 0.3) is 11.1 Å². The van der Waals surface area contributed by atoms with E-state index >= 15 is 0 Å². The quantitative estimate of drug-likeness (QED) is 0.532. The fraction of sp³-hybridized carbons (Fsp3) is 0.111. The van der Waals surface area contributed by atoms with Crippen molar-refractivity contribution in [2.45, 2.75) is 6.92 Å². The van der Waals surface area contributed by atoms with Crippen molar-refractivity contribution in [1.82, 2.24) is 9.78 Å². The molecule has 8 nitrogen and oxygen atoms in total. The zero-order valence-corrected chi connectivity index (χ0v) is 14.7. The summed E-state index contributed by atoms with van der Waals surface area (Å²) in [6, 6.07) is 7.67. The number of hydrazine groups is 1. The standard InChI is InChI=1S/C18H12F2N6O2/c1-9-16-12-4-3-11(19)7-14(12)23-25(18(16)24(2)22-9)17-13(20)5-10(8-21)6-15(17)26(27)28/h3-7,23H,1-2H3. The van der Waals surface area contributed by atoms with Gasteiger partial charge in [-0.2, -0.15) is 10.4 Å². The number of aromatic nitrogens is 2. The van der Waals surface area contributed by atoms with Gasteiger partial charge in [-0.1, -0.05) is 0 Å². The molecule has 28 heavy (non-hydrogen) atoms. The highest BCUT2D eigenvalue weighted by Gasteiger charge is 2.35. The molecule has 4 rings (SSSR count). The molecule has 1 aromatic heterocycles. The van der Waals surface area contributed by atoms with Crippen LogP contribution in [0, 0.1) is 40.0 Å². The van der Waals surface area contributed by atoms with Crippen molar-refractivity contribution in [3.63, 3.8) is 0 Å². The van der Waals surface area contributed by atoms with Crippen LogP contribution in [0.3, 0.4) is 0 Å². The predicted molar refractivity (Wildman–Crippen MR) is 96.9 cm³/mol. The summed E-state index contributed by atoms with van der Waals surface area (Å²) in [4.78, 5) is 10.8. The minimum atomic E-state index is -0.970. The zero-order valence-electron chi connectivity index (χ0n) is 14.7. The second-order valence-corrected chi connectivity index (χ2v) is 6.24. The van der Waals surface area contributed by atoms with E-state index in [2.05, 4.69) is 10.5 Å².